The third-order valence-corrected chi connectivity index (χ3v) is 5.34. The average molecular weight is 353 g/mol. The van der Waals surface area contributed by atoms with Crippen LogP contribution < -0.4 is 5.56 Å². The van der Waals surface area contributed by atoms with E-state index >= 15 is 0 Å². The van der Waals surface area contributed by atoms with Gasteiger partial charge >= 0.3 is 0 Å². The minimum absolute atomic E-state index is 0.0901. The summed E-state index contributed by atoms with van der Waals surface area (Å²) in [5.41, 5.74) is 2.37. The van der Waals surface area contributed by atoms with Crippen molar-refractivity contribution in [2.24, 2.45) is 0 Å². The molecule has 26 heavy (non-hydrogen) atoms. The maximum absolute atomic E-state index is 13.4. The van der Waals surface area contributed by atoms with Gasteiger partial charge in [-0.2, -0.15) is 0 Å². The van der Waals surface area contributed by atoms with Crippen LogP contribution in [0.5, 0.6) is 0 Å². The number of amides is 1. The van der Waals surface area contributed by atoms with Crippen molar-refractivity contribution in [2.45, 2.75) is 31.7 Å². The fourth-order valence-corrected chi connectivity index (χ4v) is 3.98. The molecule has 0 bridgehead atoms. The number of hydrogen-bond acceptors (Lipinski definition) is 5. The molecule has 7 heteroatoms. The molecular formula is C19H23N5O2. The van der Waals surface area contributed by atoms with Gasteiger partial charge in [-0.25, -0.2) is 4.98 Å². The topological polar surface area (TPSA) is 82.2 Å². The zero-order valence-corrected chi connectivity index (χ0v) is 14.7. The van der Waals surface area contributed by atoms with Crippen LogP contribution in [0, 0.1) is 0 Å². The highest BCUT2D eigenvalue weighted by Gasteiger charge is 2.33. The van der Waals surface area contributed by atoms with E-state index in [1.165, 1.54) is 6.33 Å². The van der Waals surface area contributed by atoms with Crippen molar-refractivity contribution in [1.29, 1.82) is 0 Å². The van der Waals surface area contributed by atoms with Gasteiger partial charge in [-0.1, -0.05) is 6.07 Å². The van der Waals surface area contributed by atoms with Crippen molar-refractivity contribution in [3.8, 4) is 0 Å². The van der Waals surface area contributed by atoms with Crippen molar-refractivity contribution in [3.63, 3.8) is 0 Å². The van der Waals surface area contributed by atoms with Crippen LogP contribution in [0.3, 0.4) is 0 Å². The van der Waals surface area contributed by atoms with Gasteiger partial charge in [0.05, 0.1) is 12.0 Å². The third kappa shape index (κ3) is 3.26. The van der Waals surface area contributed by atoms with E-state index in [1.54, 1.807) is 12.4 Å². The number of pyridine rings is 1. The number of rotatable bonds is 3. The van der Waals surface area contributed by atoms with E-state index in [0.717, 1.165) is 37.2 Å². The molecule has 136 valence electrons. The van der Waals surface area contributed by atoms with E-state index < -0.39 is 0 Å². The molecule has 2 aromatic rings. The lowest BCUT2D eigenvalue weighted by molar-refractivity contribution is -0.136. The second kappa shape index (κ2) is 7.37. The Bertz CT molecular complexity index is 829. The lowest BCUT2D eigenvalue weighted by atomic mass is 10.1. The highest BCUT2D eigenvalue weighted by atomic mass is 16.2. The standard InChI is InChI=1S/C19H23N5O2/c25-18-15-5-10-24(11-6-16(15)21-13-22-18)19(26)17(23-8-1-2-9-23)14-4-3-7-20-12-14/h3-4,7,12-13,17H,1-2,5-6,8-11H2,(H,21,22,25). The minimum atomic E-state index is -0.293. The van der Waals surface area contributed by atoms with Gasteiger partial charge in [0.25, 0.3) is 5.56 Å². The van der Waals surface area contributed by atoms with Crippen LogP contribution in [0.4, 0.5) is 0 Å². The van der Waals surface area contributed by atoms with Crippen molar-refractivity contribution >= 4 is 5.91 Å². The summed E-state index contributed by atoms with van der Waals surface area (Å²) in [4.78, 5) is 40.8. The number of likely N-dealkylation sites (tertiary alicyclic amines) is 1. The smallest absolute Gasteiger partial charge is 0.254 e. The minimum Gasteiger partial charge on any atom is -0.340 e. The van der Waals surface area contributed by atoms with Crippen molar-refractivity contribution < 1.29 is 4.79 Å². The summed E-state index contributed by atoms with van der Waals surface area (Å²) in [6.45, 7) is 3.00. The summed E-state index contributed by atoms with van der Waals surface area (Å²) in [5.74, 6) is 0.101. The Morgan fingerprint density at radius 2 is 1.96 bits per heavy atom. The maximum atomic E-state index is 13.4. The normalized spacial score (nSPS) is 19.0. The molecule has 4 heterocycles. The number of H-pyrrole nitrogens is 1. The molecule has 0 aliphatic carbocycles. The summed E-state index contributed by atoms with van der Waals surface area (Å²) in [5, 5.41) is 0. The first kappa shape index (κ1) is 16.9. The molecule has 7 nitrogen and oxygen atoms in total. The third-order valence-electron chi connectivity index (χ3n) is 5.34. The zero-order valence-electron chi connectivity index (χ0n) is 14.7. The van der Waals surface area contributed by atoms with Gasteiger partial charge in [-0.05, 0) is 44.0 Å². The van der Waals surface area contributed by atoms with Crippen molar-refractivity contribution in [2.75, 3.05) is 26.2 Å². The Labute approximate surface area is 152 Å². The Balaban J connectivity index is 1.58. The molecule has 1 atom stereocenters. The number of fused-ring (bicyclic) bond motifs is 1. The first-order chi connectivity index (χ1) is 12.7. The number of aromatic nitrogens is 3. The molecule has 1 N–H and O–H groups in total. The summed E-state index contributed by atoms with van der Waals surface area (Å²) in [6, 6.07) is 3.57. The molecule has 2 aromatic heterocycles. The molecule has 1 fully saturated rings. The highest BCUT2D eigenvalue weighted by Crippen LogP contribution is 2.27. The summed E-state index contributed by atoms with van der Waals surface area (Å²) in [6.07, 6.45) is 8.37. The molecule has 4 rings (SSSR count). The number of hydrogen-bond donors (Lipinski definition) is 1. The van der Waals surface area contributed by atoms with E-state index in [-0.39, 0.29) is 17.5 Å². The SMILES string of the molecule is O=C(C(c1cccnc1)N1CCCC1)N1CCc2nc[nH]c(=O)c2CC1. The number of nitrogens with zero attached hydrogens (tertiary/aromatic N) is 4. The molecule has 0 aromatic carbocycles. The van der Waals surface area contributed by atoms with Crippen LogP contribution in [0.25, 0.3) is 0 Å². The van der Waals surface area contributed by atoms with E-state index in [1.807, 2.05) is 17.0 Å². The molecule has 0 saturated carbocycles. The predicted molar refractivity (Wildman–Crippen MR) is 96.6 cm³/mol. The molecule has 0 spiro atoms. The second-order valence-electron chi connectivity index (χ2n) is 6.91. The molecule has 1 unspecified atom stereocenters. The van der Waals surface area contributed by atoms with Crippen LogP contribution in [0.2, 0.25) is 0 Å². The number of carbonyl (C=O) groups excluding carboxylic acids is 1. The van der Waals surface area contributed by atoms with Crippen LogP contribution in [-0.4, -0.2) is 56.8 Å². The molecule has 0 radical (unpaired) electrons. The van der Waals surface area contributed by atoms with E-state index in [9.17, 15) is 9.59 Å². The van der Waals surface area contributed by atoms with Gasteiger partial charge in [0.2, 0.25) is 5.91 Å². The van der Waals surface area contributed by atoms with Crippen molar-refractivity contribution in [1.82, 2.24) is 24.8 Å². The van der Waals surface area contributed by atoms with Crippen LogP contribution >= 0.6 is 0 Å². The fourth-order valence-electron chi connectivity index (χ4n) is 3.98. The Morgan fingerprint density at radius 1 is 1.15 bits per heavy atom. The average Bonchev–Trinajstić information content (AvgIpc) is 3.09. The van der Waals surface area contributed by atoms with Crippen LogP contribution in [-0.2, 0) is 17.6 Å². The van der Waals surface area contributed by atoms with Gasteiger partial charge < -0.3 is 9.88 Å². The lowest BCUT2D eigenvalue weighted by Gasteiger charge is -2.32. The summed E-state index contributed by atoms with van der Waals surface area (Å²) in [7, 11) is 0. The Hall–Kier alpha value is -2.54. The molecular weight excluding hydrogens is 330 g/mol. The highest BCUT2D eigenvalue weighted by molar-refractivity contribution is 5.83. The van der Waals surface area contributed by atoms with E-state index in [2.05, 4.69) is 19.9 Å². The largest absolute Gasteiger partial charge is 0.340 e. The summed E-state index contributed by atoms with van der Waals surface area (Å²) < 4.78 is 0. The van der Waals surface area contributed by atoms with Gasteiger partial charge in [-0.3, -0.25) is 19.5 Å². The molecule has 2 aliphatic rings. The zero-order chi connectivity index (χ0) is 17.9. The molecule has 1 amide bonds. The van der Waals surface area contributed by atoms with E-state index in [4.69, 9.17) is 0 Å². The maximum Gasteiger partial charge on any atom is 0.254 e. The van der Waals surface area contributed by atoms with E-state index in [0.29, 0.717) is 31.5 Å². The number of nitrogens with one attached hydrogen (secondary N) is 1. The van der Waals surface area contributed by atoms with Gasteiger partial charge in [0, 0.05) is 37.5 Å². The molecule has 2 aliphatic heterocycles. The first-order valence-corrected chi connectivity index (χ1v) is 9.22. The van der Waals surface area contributed by atoms with Crippen LogP contribution in [0.15, 0.2) is 35.6 Å². The van der Waals surface area contributed by atoms with Gasteiger partial charge in [0.15, 0.2) is 0 Å². The summed E-state index contributed by atoms with van der Waals surface area (Å²) >= 11 is 0. The predicted octanol–water partition coefficient (Wildman–Crippen LogP) is 0.929. The van der Waals surface area contributed by atoms with Crippen LogP contribution in [0.1, 0.15) is 35.7 Å². The van der Waals surface area contributed by atoms with Gasteiger partial charge in [0.1, 0.15) is 6.04 Å². The van der Waals surface area contributed by atoms with Crippen molar-refractivity contribution in [3.05, 3.63) is 58.0 Å². The number of carbonyl (C=O) groups is 1. The Morgan fingerprint density at radius 3 is 2.73 bits per heavy atom. The lowest BCUT2D eigenvalue weighted by Crippen LogP contribution is -2.43. The fraction of sp³-hybridized carbons (Fsp3) is 0.474. The quantitative estimate of drug-likeness (QED) is 0.888. The van der Waals surface area contributed by atoms with Gasteiger partial charge in [-0.15, -0.1) is 0 Å². The molecule has 1 saturated heterocycles. The second-order valence-corrected chi connectivity index (χ2v) is 6.91. The number of aromatic amines is 1. The Kier molecular flexibility index (Phi) is 4.79. The monoisotopic (exact) mass is 353 g/mol. The first-order valence-electron chi connectivity index (χ1n) is 9.22.